The molecule has 0 saturated carbocycles. The molecular formula is C17H26N2O. The number of hydrogen-bond donors (Lipinski definition) is 1. The fraction of sp³-hybridized carbons (Fsp3) is 0.588. The van der Waals surface area contributed by atoms with Crippen LogP contribution in [0.15, 0.2) is 18.2 Å². The van der Waals surface area contributed by atoms with E-state index in [-0.39, 0.29) is 5.91 Å². The minimum absolute atomic E-state index is 0.203. The smallest absolute Gasteiger partial charge is 0.254 e. The monoisotopic (exact) mass is 274 g/mol. The highest BCUT2D eigenvalue weighted by Crippen LogP contribution is 2.24. The lowest BCUT2D eigenvalue weighted by Crippen LogP contribution is -2.43. The SMILES string of the molecule is CCCC1CCCCN1C(=O)c1ccc(NC)c(C)c1. The Morgan fingerprint density at radius 2 is 2.20 bits per heavy atom. The molecular weight excluding hydrogens is 248 g/mol. The summed E-state index contributed by atoms with van der Waals surface area (Å²) in [5, 5.41) is 3.15. The van der Waals surface area contributed by atoms with Crippen molar-refractivity contribution in [2.45, 2.75) is 52.0 Å². The molecule has 20 heavy (non-hydrogen) atoms. The first kappa shape index (κ1) is 14.9. The molecule has 2 rings (SSSR count). The highest BCUT2D eigenvalue weighted by atomic mass is 16.2. The average Bonchev–Trinajstić information content (AvgIpc) is 2.47. The number of aryl methyl sites for hydroxylation is 1. The molecule has 1 atom stereocenters. The first-order valence-electron chi connectivity index (χ1n) is 7.76. The molecule has 1 aliphatic heterocycles. The number of nitrogens with zero attached hydrogens (tertiary/aromatic N) is 1. The summed E-state index contributed by atoms with van der Waals surface area (Å²) in [5.41, 5.74) is 3.04. The number of anilines is 1. The molecule has 1 amide bonds. The van der Waals surface area contributed by atoms with E-state index in [2.05, 4.69) is 17.1 Å². The normalized spacial score (nSPS) is 18.9. The van der Waals surface area contributed by atoms with E-state index in [1.807, 2.05) is 32.2 Å². The van der Waals surface area contributed by atoms with Crippen LogP contribution in [0, 0.1) is 6.92 Å². The third kappa shape index (κ3) is 3.14. The first-order valence-corrected chi connectivity index (χ1v) is 7.76. The molecule has 1 N–H and O–H groups in total. The van der Waals surface area contributed by atoms with Gasteiger partial charge in [-0.15, -0.1) is 0 Å². The maximum Gasteiger partial charge on any atom is 0.254 e. The van der Waals surface area contributed by atoms with Gasteiger partial charge in [0.15, 0.2) is 0 Å². The van der Waals surface area contributed by atoms with Gasteiger partial charge in [0.05, 0.1) is 0 Å². The molecule has 1 heterocycles. The third-order valence-corrected chi connectivity index (χ3v) is 4.25. The summed E-state index contributed by atoms with van der Waals surface area (Å²) in [5.74, 6) is 0.203. The Morgan fingerprint density at radius 1 is 1.40 bits per heavy atom. The van der Waals surface area contributed by atoms with Gasteiger partial charge in [-0.3, -0.25) is 4.79 Å². The van der Waals surface area contributed by atoms with Crippen molar-refractivity contribution in [3.63, 3.8) is 0 Å². The number of benzene rings is 1. The number of piperidine rings is 1. The van der Waals surface area contributed by atoms with Gasteiger partial charge in [-0.05, 0) is 56.4 Å². The van der Waals surface area contributed by atoms with Gasteiger partial charge >= 0.3 is 0 Å². The van der Waals surface area contributed by atoms with Crippen LogP contribution in [-0.4, -0.2) is 30.4 Å². The summed E-state index contributed by atoms with van der Waals surface area (Å²) in [7, 11) is 1.91. The zero-order valence-electron chi connectivity index (χ0n) is 12.9. The number of nitrogens with one attached hydrogen (secondary N) is 1. The quantitative estimate of drug-likeness (QED) is 0.905. The molecule has 0 bridgehead atoms. The topological polar surface area (TPSA) is 32.3 Å². The summed E-state index contributed by atoms with van der Waals surface area (Å²) in [6, 6.07) is 6.39. The molecule has 3 heteroatoms. The maximum atomic E-state index is 12.7. The van der Waals surface area contributed by atoms with E-state index in [1.54, 1.807) is 0 Å². The van der Waals surface area contributed by atoms with E-state index in [4.69, 9.17) is 0 Å². The number of hydrogen-bond acceptors (Lipinski definition) is 2. The second-order valence-corrected chi connectivity index (χ2v) is 5.72. The van der Waals surface area contributed by atoms with Gasteiger partial charge < -0.3 is 10.2 Å². The van der Waals surface area contributed by atoms with Crippen molar-refractivity contribution in [1.82, 2.24) is 4.90 Å². The van der Waals surface area contributed by atoms with Gasteiger partial charge in [0.25, 0.3) is 5.91 Å². The molecule has 1 saturated heterocycles. The number of amides is 1. The van der Waals surface area contributed by atoms with Crippen molar-refractivity contribution in [3.05, 3.63) is 29.3 Å². The van der Waals surface area contributed by atoms with Crippen LogP contribution in [0.4, 0.5) is 5.69 Å². The molecule has 110 valence electrons. The van der Waals surface area contributed by atoms with Crippen molar-refractivity contribution < 1.29 is 4.79 Å². The number of carbonyl (C=O) groups is 1. The maximum absolute atomic E-state index is 12.7. The van der Waals surface area contributed by atoms with Crippen molar-refractivity contribution in [2.24, 2.45) is 0 Å². The lowest BCUT2D eigenvalue weighted by Gasteiger charge is -2.36. The molecule has 1 aliphatic rings. The zero-order valence-corrected chi connectivity index (χ0v) is 12.9. The summed E-state index contributed by atoms with van der Waals surface area (Å²) < 4.78 is 0. The Hall–Kier alpha value is -1.51. The van der Waals surface area contributed by atoms with Crippen LogP contribution >= 0.6 is 0 Å². The van der Waals surface area contributed by atoms with E-state index >= 15 is 0 Å². The molecule has 0 radical (unpaired) electrons. The van der Waals surface area contributed by atoms with E-state index in [1.165, 1.54) is 6.42 Å². The van der Waals surface area contributed by atoms with Crippen LogP contribution in [0.1, 0.15) is 54.9 Å². The van der Waals surface area contributed by atoms with Gasteiger partial charge in [-0.25, -0.2) is 0 Å². The second-order valence-electron chi connectivity index (χ2n) is 5.72. The minimum Gasteiger partial charge on any atom is -0.388 e. The van der Waals surface area contributed by atoms with Crippen molar-refractivity contribution in [1.29, 1.82) is 0 Å². The van der Waals surface area contributed by atoms with Crippen molar-refractivity contribution >= 4 is 11.6 Å². The van der Waals surface area contributed by atoms with Gasteiger partial charge in [0.1, 0.15) is 0 Å². The largest absolute Gasteiger partial charge is 0.388 e. The molecule has 1 aromatic rings. The Kier molecular flexibility index (Phi) is 5.05. The molecule has 1 unspecified atom stereocenters. The Labute approximate surface area is 122 Å². The van der Waals surface area contributed by atoms with Gasteiger partial charge in [-0.1, -0.05) is 13.3 Å². The lowest BCUT2D eigenvalue weighted by molar-refractivity contribution is 0.0600. The summed E-state index contributed by atoms with van der Waals surface area (Å²) in [6.07, 6.45) is 5.82. The van der Waals surface area contributed by atoms with Gasteiger partial charge in [0.2, 0.25) is 0 Å². The van der Waals surface area contributed by atoms with Crippen LogP contribution in [0.25, 0.3) is 0 Å². The first-order chi connectivity index (χ1) is 9.67. The number of rotatable bonds is 4. The summed E-state index contributed by atoms with van der Waals surface area (Å²) in [6.45, 7) is 5.15. The predicted molar refractivity (Wildman–Crippen MR) is 84.3 cm³/mol. The molecule has 1 aromatic carbocycles. The number of carbonyl (C=O) groups excluding carboxylic acids is 1. The molecule has 0 spiro atoms. The van der Waals surface area contributed by atoms with E-state index in [9.17, 15) is 4.79 Å². The zero-order chi connectivity index (χ0) is 14.5. The molecule has 1 fully saturated rings. The molecule has 3 nitrogen and oxygen atoms in total. The van der Waals surface area contributed by atoms with E-state index < -0.39 is 0 Å². The fourth-order valence-corrected chi connectivity index (χ4v) is 3.14. The van der Waals surface area contributed by atoms with Gasteiger partial charge in [-0.2, -0.15) is 0 Å². The Bertz CT molecular complexity index is 468. The third-order valence-electron chi connectivity index (χ3n) is 4.25. The Morgan fingerprint density at radius 3 is 2.85 bits per heavy atom. The van der Waals surface area contributed by atoms with Gasteiger partial charge in [0, 0.05) is 30.9 Å². The van der Waals surface area contributed by atoms with Crippen molar-refractivity contribution in [2.75, 3.05) is 18.9 Å². The van der Waals surface area contributed by atoms with E-state index in [0.29, 0.717) is 6.04 Å². The van der Waals surface area contributed by atoms with E-state index in [0.717, 1.165) is 49.0 Å². The lowest BCUT2D eigenvalue weighted by atomic mass is 9.97. The predicted octanol–water partition coefficient (Wildman–Crippen LogP) is 3.83. The molecule has 0 aliphatic carbocycles. The second kappa shape index (κ2) is 6.78. The summed E-state index contributed by atoms with van der Waals surface area (Å²) >= 11 is 0. The molecule has 0 aromatic heterocycles. The highest BCUT2D eigenvalue weighted by Gasteiger charge is 2.26. The van der Waals surface area contributed by atoms with Crippen LogP contribution in [0.3, 0.4) is 0 Å². The fourth-order valence-electron chi connectivity index (χ4n) is 3.14. The van der Waals surface area contributed by atoms with Crippen LogP contribution in [-0.2, 0) is 0 Å². The highest BCUT2D eigenvalue weighted by molar-refractivity contribution is 5.95. The van der Waals surface area contributed by atoms with Crippen LogP contribution in [0.5, 0.6) is 0 Å². The number of likely N-dealkylation sites (tertiary alicyclic amines) is 1. The standard InChI is InChI=1S/C17H26N2O/c1-4-7-15-8-5-6-11-19(15)17(20)14-9-10-16(18-3)13(2)12-14/h9-10,12,15,18H,4-8,11H2,1-3H3. The minimum atomic E-state index is 0.203. The average molecular weight is 274 g/mol. The van der Waals surface area contributed by atoms with Crippen LogP contribution < -0.4 is 5.32 Å². The van der Waals surface area contributed by atoms with Crippen molar-refractivity contribution in [3.8, 4) is 0 Å². The Balaban J connectivity index is 2.18. The van der Waals surface area contributed by atoms with Crippen LogP contribution in [0.2, 0.25) is 0 Å². The summed E-state index contributed by atoms with van der Waals surface area (Å²) in [4.78, 5) is 14.8.